The van der Waals surface area contributed by atoms with Crippen LogP contribution in [-0.4, -0.2) is 33.1 Å². The normalized spacial score (nSPS) is 18.3. The predicted molar refractivity (Wildman–Crippen MR) is 133 cm³/mol. The number of pyridine rings is 1. The summed E-state index contributed by atoms with van der Waals surface area (Å²) in [6, 6.07) is 17.7. The van der Waals surface area contributed by atoms with Crippen LogP contribution in [-0.2, 0) is 11.3 Å². The molecule has 2 heterocycles. The van der Waals surface area contributed by atoms with E-state index in [4.69, 9.17) is 16.6 Å². The summed E-state index contributed by atoms with van der Waals surface area (Å²) in [4.78, 5) is 29.2. The van der Waals surface area contributed by atoms with Crippen LogP contribution < -0.4 is 5.32 Å². The number of halogens is 1. The molecule has 34 heavy (non-hydrogen) atoms. The van der Waals surface area contributed by atoms with Crippen molar-refractivity contribution >= 4 is 45.3 Å². The second-order valence-electron chi connectivity index (χ2n) is 9.07. The van der Waals surface area contributed by atoms with E-state index in [0.29, 0.717) is 36.5 Å². The van der Waals surface area contributed by atoms with E-state index in [1.807, 2.05) is 53.2 Å². The number of aliphatic carboxylic acids is 1. The molecule has 2 N–H and O–H groups in total. The van der Waals surface area contributed by atoms with Crippen molar-refractivity contribution < 1.29 is 14.7 Å². The fourth-order valence-corrected chi connectivity index (χ4v) is 5.17. The predicted octanol–water partition coefficient (Wildman–Crippen LogP) is 5.51. The average molecular weight is 476 g/mol. The molecule has 5 rings (SSSR count). The van der Waals surface area contributed by atoms with Crippen molar-refractivity contribution in [2.45, 2.75) is 32.2 Å². The molecule has 174 valence electrons. The van der Waals surface area contributed by atoms with Crippen molar-refractivity contribution in [3.63, 3.8) is 0 Å². The highest BCUT2D eigenvalue weighted by Gasteiger charge is 2.26. The van der Waals surface area contributed by atoms with Crippen LogP contribution >= 0.6 is 11.6 Å². The molecule has 0 bridgehead atoms. The zero-order valence-corrected chi connectivity index (χ0v) is 19.5. The highest BCUT2D eigenvalue weighted by Crippen LogP contribution is 2.30. The van der Waals surface area contributed by atoms with Crippen LogP contribution in [0.5, 0.6) is 0 Å². The molecular formula is C27H26ClN3O3. The Labute approximate surface area is 202 Å². The molecule has 2 aromatic carbocycles. The molecule has 0 unspecified atom stereocenters. The maximum Gasteiger partial charge on any atom is 0.306 e. The van der Waals surface area contributed by atoms with E-state index in [0.717, 1.165) is 40.3 Å². The van der Waals surface area contributed by atoms with Gasteiger partial charge in [-0.2, -0.15) is 0 Å². The number of carboxylic acid groups (broad SMARTS) is 1. The van der Waals surface area contributed by atoms with E-state index in [9.17, 15) is 14.7 Å². The van der Waals surface area contributed by atoms with Crippen LogP contribution in [0.2, 0.25) is 5.02 Å². The number of hydrogen-bond acceptors (Lipinski definition) is 3. The Morgan fingerprint density at radius 2 is 1.76 bits per heavy atom. The van der Waals surface area contributed by atoms with E-state index in [1.54, 1.807) is 6.07 Å². The van der Waals surface area contributed by atoms with Gasteiger partial charge in [-0.15, -0.1) is 0 Å². The number of benzene rings is 2. The largest absolute Gasteiger partial charge is 0.481 e. The summed E-state index contributed by atoms with van der Waals surface area (Å²) < 4.78 is 2.02. The van der Waals surface area contributed by atoms with Gasteiger partial charge in [-0.3, -0.25) is 14.6 Å². The Kier molecular flexibility index (Phi) is 6.24. The SMILES string of the molecule is O=C(NCC1CCC(C(=O)O)CC1)c1c(Cl)ccc2ccn(Cc3ccc4ccccc4n3)c12. The lowest BCUT2D eigenvalue weighted by Gasteiger charge is -2.26. The second-order valence-corrected chi connectivity index (χ2v) is 9.47. The van der Waals surface area contributed by atoms with Crippen LogP contribution in [0.4, 0.5) is 0 Å². The summed E-state index contributed by atoms with van der Waals surface area (Å²) in [5.41, 5.74) is 3.08. The van der Waals surface area contributed by atoms with E-state index in [-0.39, 0.29) is 17.7 Å². The minimum Gasteiger partial charge on any atom is -0.481 e. The summed E-state index contributed by atoms with van der Waals surface area (Å²) in [7, 11) is 0. The van der Waals surface area contributed by atoms with Gasteiger partial charge >= 0.3 is 5.97 Å². The number of carbonyl (C=O) groups is 2. The monoisotopic (exact) mass is 475 g/mol. The summed E-state index contributed by atoms with van der Waals surface area (Å²) in [5.74, 6) is -0.904. The average Bonchev–Trinajstić information content (AvgIpc) is 3.25. The van der Waals surface area contributed by atoms with Gasteiger partial charge in [0.15, 0.2) is 0 Å². The first-order chi connectivity index (χ1) is 16.5. The molecule has 0 atom stereocenters. The van der Waals surface area contributed by atoms with Gasteiger partial charge in [0, 0.05) is 23.5 Å². The van der Waals surface area contributed by atoms with E-state index < -0.39 is 5.97 Å². The fourth-order valence-electron chi connectivity index (χ4n) is 4.93. The molecule has 2 aromatic heterocycles. The molecule has 0 saturated heterocycles. The second kappa shape index (κ2) is 9.47. The molecule has 1 aliphatic carbocycles. The zero-order chi connectivity index (χ0) is 23.7. The Morgan fingerprint density at radius 3 is 2.56 bits per heavy atom. The molecular weight excluding hydrogens is 450 g/mol. The Morgan fingerprint density at radius 1 is 1.00 bits per heavy atom. The molecule has 0 radical (unpaired) electrons. The molecule has 1 fully saturated rings. The molecule has 1 amide bonds. The van der Waals surface area contributed by atoms with E-state index in [2.05, 4.69) is 11.4 Å². The highest BCUT2D eigenvalue weighted by atomic mass is 35.5. The Balaban J connectivity index is 1.37. The van der Waals surface area contributed by atoms with Crippen LogP contribution in [0.1, 0.15) is 41.7 Å². The number of rotatable bonds is 6. The van der Waals surface area contributed by atoms with Crippen molar-refractivity contribution in [1.82, 2.24) is 14.9 Å². The molecule has 6 nitrogen and oxygen atoms in total. The molecule has 1 aliphatic rings. The quantitative estimate of drug-likeness (QED) is 0.385. The third-order valence-electron chi connectivity index (χ3n) is 6.84. The number of carboxylic acids is 1. The molecule has 1 saturated carbocycles. The van der Waals surface area contributed by atoms with Crippen molar-refractivity contribution in [1.29, 1.82) is 0 Å². The van der Waals surface area contributed by atoms with Gasteiger partial charge in [-0.05, 0) is 55.9 Å². The van der Waals surface area contributed by atoms with E-state index in [1.165, 1.54) is 0 Å². The first-order valence-corrected chi connectivity index (χ1v) is 12.0. The Bertz CT molecular complexity index is 1370. The van der Waals surface area contributed by atoms with Gasteiger partial charge in [0.1, 0.15) is 0 Å². The van der Waals surface area contributed by atoms with Gasteiger partial charge < -0.3 is 15.0 Å². The topological polar surface area (TPSA) is 84.2 Å². The first kappa shape index (κ1) is 22.4. The lowest BCUT2D eigenvalue weighted by molar-refractivity contribution is -0.143. The van der Waals surface area contributed by atoms with Crippen LogP contribution in [0.3, 0.4) is 0 Å². The van der Waals surface area contributed by atoms with Crippen LogP contribution in [0.15, 0.2) is 60.8 Å². The van der Waals surface area contributed by atoms with Crippen LogP contribution in [0.25, 0.3) is 21.8 Å². The zero-order valence-electron chi connectivity index (χ0n) is 18.7. The lowest BCUT2D eigenvalue weighted by atomic mass is 9.82. The number of nitrogens with one attached hydrogen (secondary N) is 1. The lowest BCUT2D eigenvalue weighted by Crippen LogP contribution is -2.32. The van der Waals surface area contributed by atoms with Crippen LogP contribution in [0, 0.1) is 11.8 Å². The smallest absolute Gasteiger partial charge is 0.306 e. The summed E-state index contributed by atoms with van der Waals surface area (Å²) in [6.45, 7) is 1.04. The number of nitrogens with zero attached hydrogens (tertiary/aromatic N) is 2. The van der Waals surface area contributed by atoms with Gasteiger partial charge in [-0.25, -0.2) is 0 Å². The minimum absolute atomic E-state index is 0.206. The standard InChI is InChI=1S/C27H26ClN3O3/c28-22-12-10-19-13-14-31(16-21-11-9-18-3-1-2-4-23(18)30-21)25(19)24(22)26(32)29-15-17-5-7-20(8-6-17)27(33)34/h1-4,9-14,17,20H,5-8,15-16H2,(H,29,32)(H,33,34). The molecule has 7 heteroatoms. The maximum atomic E-state index is 13.3. The summed E-state index contributed by atoms with van der Waals surface area (Å²) >= 11 is 6.53. The number of amides is 1. The molecule has 0 aliphatic heterocycles. The number of para-hydroxylation sites is 1. The first-order valence-electron chi connectivity index (χ1n) is 11.6. The minimum atomic E-state index is -0.720. The number of carbonyl (C=O) groups excluding carboxylic acids is 1. The number of aromatic nitrogens is 2. The molecule has 0 spiro atoms. The van der Waals surface area contributed by atoms with Crippen molar-refractivity contribution in [2.24, 2.45) is 11.8 Å². The summed E-state index contributed by atoms with van der Waals surface area (Å²) in [6.07, 6.45) is 4.89. The van der Waals surface area contributed by atoms with Crippen molar-refractivity contribution in [2.75, 3.05) is 6.54 Å². The fraction of sp³-hybridized carbons (Fsp3) is 0.296. The third kappa shape index (κ3) is 4.50. The van der Waals surface area contributed by atoms with Crippen molar-refractivity contribution in [3.05, 3.63) is 77.1 Å². The van der Waals surface area contributed by atoms with Gasteiger partial charge in [0.25, 0.3) is 5.91 Å². The van der Waals surface area contributed by atoms with Crippen molar-refractivity contribution in [3.8, 4) is 0 Å². The van der Waals surface area contributed by atoms with Gasteiger partial charge in [-0.1, -0.05) is 41.9 Å². The van der Waals surface area contributed by atoms with E-state index >= 15 is 0 Å². The number of hydrogen-bond donors (Lipinski definition) is 2. The third-order valence-corrected chi connectivity index (χ3v) is 7.16. The van der Waals surface area contributed by atoms with Gasteiger partial charge in [0.05, 0.1) is 39.8 Å². The van der Waals surface area contributed by atoms with Gasteiger partial charge in [0.2, 0.25) is 0 Å². The molecule has 4 aromatic rings. The number of fused-ring (bicyclic) bond motifs is 2. The summed E-state index contributed by atoms with van der Waals surface area (Å²) in [5, 5.41) is 14.7. The Hall–Kier alpha value is -3.38. The maximum absolute atomic E-state index is 13.3. The highest BCUT2D eigenvalue weighted by molar-refractivity contribution is 6.35.